The minimum atomic E-state index is 0.957. The van der Waals surface area contributed by atoms with Crippen LogP contribution in [0.15, 0.2) is 224 Å². The first-order valence-corrected chi connectivity index (χ1v) is 21.2. The van der Waals surface area contributed by atoms with E-state index >= 15 is 0 Å². The van der Waals surface area contributed by atoms with Crippen LogP contribution >= 0.6 is 11.3 Å². The van der Waals surface area contributed by atoms with Crippen LogP contribution in [0.5, 0.6) is 0 Å². The summed E-state index contributed by atoms with van der Waals surface area (Å²) >= 11 is 1.91. The van der Waals surface area contributed by atoms with E-state index in [1.165, 1.54) is 81.1 Å². The van der Waals surface area contributed by atoms with Crippen molar-refractivity contribution in [3.05, 3.63) is 230 Å². The highest BCUT2D eigenvalue weighted by Crippen LogP contribution is 2.51. The van der Waals surface area contributed by atoms with Crippen LogP contribution in [0.25, 0.3) is 58.4 Å². The zero-order valence-electron chi connectivity index (χ0n) is 32.5. The van der Waals surface area contributed by atoms with E-state index in [2.05, 4.69) is 228 Å². The molecule has 2 nitrogen and oxygen atoms in total. The molecule has 0 bridgehead atoms. The summed E-state index contributed by atoms with van der Waals surface area (Å²) in [6, 6.07) is 75.1. The maximum absolute atomic E-state index is 2.52. The summed E-state index contributed by atoms with van der Waals surface area (Å²) in [4.78, 5) is 4.96. The van der Waals surface area contributed by atoms with Crippen molar-refractivity contribution in [2.24, 2.45) is 0 Å². The van der Waals surface area contributed by atoms with E-state index in [0.717, 1.165) is 29.9 Å². The number of allylic oxidation sites excluding steroid dienone is 4. The highest BCUT2D eigenvalue weighted by molar-refractivity contribution is 7.27. The van der Waals surface area contributed by atoms with Crippen LogP contribution in [0.2, 0.25) is 0 Å². The maximum atomic E-state index is 2.52. The van der Waals surface area contributed by atoms with Crippen molar-refractivity contribution in [3.8, 4) is 11.1 Å². The van der Waals surface area contributed by atoms with E-state index in [1.807, 2.05) is 11.3 Å². The molecule has 1 aliphatic rings. The molecule has 59 heavy (non-hydrogen) atoms. The van der Waals surface area contributed by atoms with E-state index in [0.29, 0.717) is 0 Å². The van der Waals surface area contributed by atoms with Crippen LogP contribution in [-0.4, -0.2) is 0 Å². The molecule has 0 saturated heterocycles. The molecule has 0 aliphatic heterocycles. The summed E-state index contributed by atoms with van der Waals surface area (Å²) in [5.74, 6) is 0. The van der Waals surface area contributed by atoms with Gasteiger partial charge in [-0.3, -0.25) is 0 Å². The third kappa shape index (κ3) is 6.28. The Labute approximate surface area is 348 Å². The van der Waals surface area contributed by atoms with Gasteiger partial charge in [0.05, 0.1) is 11.4 Å². The number of benzene rings is 9. The zero-order chi connectivity index (χ0) is 39.1. The minimum absolute atomic E-state index is 0.957. The van der Waals surface area contributed by atoms with Gasteiger partial charge in [0.2, 0.25) is 0 Å². The Balaban J connectivity index is 1.16. The molecule has 0 fully saturated rings. The Morgan fingerprint density at radius 2 is 0.915 bits per heavy atom. The first-order chi connectivity index (χ1) is 29.3. The topological polar surface area (TPSA) is 6.48 Å². The molecule has 0 amide bonds. The van der Waals surface area contributed by atoms with Crippen molar-refractivity contribution in [2.75, 3.05) is 9.80 Å². The molecular formula is C56H40N2S. The molecule has 1 aliphatic carbocycles. The average molecular weight is 773 g/mol. The molecule has 0 unspecified atom stereocenters. The molecule has 1 aromatic heterocycles. The van der Waals surface area contributed by atoms with Gasteiger partial charge in [0.15, 0.2) is 0 Å². The Hall–Kier alpha value is -7.20. The van der Waals surface area contributed by atoms with Crippen molar-refractivity contribution in [1.82, 2.24) is 0 Å². The maximum Gasteiger partial charge on any atom is 0.0551 e. The molecule has 10 aromatic rings. The summed E-state index contributed by atoms with van der Waals surface area (Å²) in [6.45, 7) is 0. The molecule has 11 rings (SSSR count). The van der Waals surface area contributed by atoms with Gasteiger partial charge in [0, 0.05) is 59.1 Å². The molecule has 0 spiro atoms. The molecule has 0 saturated carbocycles. The largest absolute Gasteiger partial charge is 0.314 e. The second-order valence-electron chi connectivity index (χ2n) is 15.2. The van der Waals surface area contributed by atoms with Gasteiger partial charge in [0.1, 0.15) is 0 Å². The van der Waals surface area contributed by atoms with Crippen molar-refractivity contribution in [1.29, 1.82) is 0 Å². The van der Waals surface area contributed by atoms with Gasteiger partial charge in [-0.25, -0.2) is 0 Å². The van der Waals surface area contributed by atoms with Crippen LogP contribution in [0.1, 0.15) is 18.4 Å². The Morgan fingerprint density at radius 1 is 0.390 bits per heavy atom. The fraction of sp³-hybridized carbons (Fsp3) is 0.0357. The first-order valence-electron chi connectivity index (χ1n) is 20.4. The van der Waals surface area contributed by atoms with Crippen molar-refractivity contribution >= 4 is 87.1 Å². The van der Waals surface area contributed by atoms with Gasteiger partial charge in [0.25, 0.3) is 0 Å². The van der Waals surface area contributed by atoms with Crippen LogP contribution < -0.4 is 9.80 Å². The smallest absolute Gasteiger partial charge is 0.0551 e. The lowest BCUT2D eigenvalue weighted by atomic mass is 9.95. The zero-order valence-corrected chi connectivity index (χ0v) is 33.3. The summed E-state index contributed by atoms with van der Waals surface area (Å²) in [5, 5.41) is 7.58. The minimum Gasteiger partial charge on any atom is -0.314 e. The summed E-state index contributed by atoms with van der Waals surface area (Å²) < 4.78 is 2.59. The third-order valence-electron chi connectivity index (χ3n) is 11.6. The molecule has 9 aromatic carbocycles. The van der Waals surface area contributed by atoms with Crippen LogP contribution in [0, 0.1) is 0 Å². The molecule has 0 atom stereocenters. The molecule has 0 radical (unpaired) electrons. The summed E-state index contributed by atoms with van der Waals surface area (Å²) in [7, 11) is 0. The quantitative estimate of drug-likeness (QED) is 0.152. The average Bonchev–Trinajstić information content (AvgIpc) is 3.70. The van der Waals surface area contributed by atoms with Gasteiger partial charge >= 0.3 is 0 Å². The fourth-order valence-corrected chi connectivity index (χ4v) is 10.3. The standard InChI is InChI=1S/C56H40N2S/c1-5-19-39(20-6-1)41-23-17-29-45(35-41)57(43-25-9-3-10-26-43)52-37-51-55-49-33-15-13-31-47(49)53(38-54(55)59-56(51)50-34-16-14-32-48(50)52)58(44-27-11-4-12-28-44)46-30-18-24-42(36-46)40-21-7-2-8-22-40/h1-17,19-29,31-38H,18,30H2. The number of thiophene rings is 1. The van der Waals surface area contributed by atoms with Gasteiger partial charge in [-0.1, -0.05) is 164 Å². The lowest BCUT2D eigenvalue weighted by molar-refractivity contribution is 0.923. The lowest BCUT2D eigenvalue weighted by Gasteiger charge is -2.31. The van der Waals surface area contributed by atoms with Crippen molar-refractivity contribution in [3.63, 3.8) is 0 Å². The predicted octanol–water partition coefficient (Wildman–Crippen LogP) is 16.4. The summed E-state index contributed by atoms with van der Waals surface area (Å²) in [6.07, 6.45) is 6.73. The van der Waals surface area contributed by atoms with Gasteiger partial charge < -0.3 is 9.80 Å². The Morgan fingerprint density at radius 3 is 1.61 bits per heavy atom. The number of nitrogens with zero attached hydrogens (tertiary/aromatic N) is 2. The van der Waals surface area contributed by atoms with Crippen LogP contribution in [0.3, 0.4) is 0 Å². The first kappa shape index (κ1) is 35.0. The number of hydrogen-bond acceptors (Lipinski definition) is 3. The van der Waals surface area contributed by atoms with E-state index in [1.54, 1.807) is 0 Å². The molecule has 280 valence electrons. The number of fused-ring (bicyclic) bond motifs is 7. The Bertz CT molecular complexity index is 3200. The SMILES string of the molecule is C1=C(c2ccccc2)C=C(N(c2ccccc2)c2cc3sc4c5ccccc5c(N(c5ccccc5)c5cccc(-c6ccccc6)c5)cc4c3c3ccccc23)CC1. The second kappa shape index (κ2) is 14.9. The number of anilines is 5. The molecule has 1 heterocycles. The lowest BCUT2D eigenvalue weighted by Crippen LogP contribution is -2.18. The molecular weight excluding hydrogens is 733 g/mol. The molecule has 3 heteroatoms. The van der Waals surface area contributed by atoms with Crippen molar-refractivity contribution < 1.29 is 0 Å². The number of hydrogen-bond donors (Lipinski definition) is 0. The van der Waals surface area contributed by atoms with E-state index in [4.69, 9.17) is 0 Å². The highest BCUT2D eigenvalue weighted by atomic mass is 32.1. The van der Waals surface area contributed by atoms with E-state index in [-0.39, 0.29) is 0 Å². The molecule has 0 N–H and O–H groups in total. The summed E-state index contributed by atoms with van der Waals surface area (Å²) in [5.41, 5.74) is 12.0. The second-order valence-corrected chi connectivity index (χ2v) is 16.2. The number of rotatable bonds is 8. The normalized spacial score (nSPS) is 12.8. The Kier molecular flexibility index (Phi) is 8.87. The highest BCUT2D eigenvalue weighted by Gasteiger charge is 2.24. The van der Waals surface area contributed by atoms with E-state index < -0.39 is 0 Å². The number of para-hydroxylation sites is 2. The van der Waals surface area contributed by atoms with Crippen LogP contribution in [-0.2, 0) is 0 Å². The fourth-order valence-electron chi connectivity index (χ4n) is 8.99. The predicted molar refractivity (Wildman–Crippen MR) is 255 cm³/mol. The van der Waals surface area contributed by atoms with Gasteiger partial charge in [-0.05, 0) is 95.1 Å². The van der Waals surface area contributed by atoms with E-state index in [9.17, 15) is 0 Å². The monoisotopic (exact) mass is 772 g/mol. The van der Waals surface area contributed by atoms with Crippen LogP contribution in [0.4, 0.5) is 28.4 Å². The third-order valence-corrected chi connectivity index (χ3v) is 12.8. The van der Waals surface area contributed by atoms with Crippen molar-refractivity contribution in [2.45, 2.75) is 12.8 Å². The van der Waals surface area contributed by atoms with Gasteiger partial charge in [-0.15, -0.1) is 11.3 Å². The van der Waals surface area contributed by atoms with Gasteiger partial charge in [-0.2, -0.15) is 0 Å².